The molecule has 0 aromatic heterocycles. The molecular weight excluding hydrogens is 416 g/mol. The lowest BCUT2D eigenvalue weighted by molar-refractivity contribution is -0.134. The van der Waals surface area contributed by atoms with Crippen LogP contribution in [0.1, 0.15) is 50.0 Å². The van der Waals surface area contributed by atoms with Gasteiger partial charge in [0, 0.05) is 36.9 Å². The second-order valence-corrected chi connectivity index (χ2v) is 8.94. The average Bonchev–Trinajstić information content (AvgIpc) is 2.83. The second kappa shape index (κ2) is 11.2. The monoisotopic (exact) mass is 450 g/mol. The van der Waals surface area contributed by atoms with Gasteiger partial charge in [0.25, 0.3) is 0 Å². The van der Waals surface area contributed by atoms with E-state index in [0.717, 1.165) is 62.3 Å². The third-order valence-electron chi connectivity index (χ3n) is 6.55. The third kappa shape index (κ3) is 6.48. The minimum Gasteiger partial charge on any atom is -0.494 e. The summed E-state index contributed by atoms with van der Waals surface area (Å²) < 4.78 is 5.86. The van der Waals surface area contributed by atoms with E-state index in [-0.39, 0.29) is 17.7 Å². The number of nitrogens with two attached hydrogens (primary N) is 1. The number of amides is 2. The van der Waals surface area contributed by atoms with Crippen LogP contribution in [-0.4, -0.2) is 44.1 Å². The molecule has 4 N–H and O–H groups in total. The molecule has 2 aromatic rings. The molecule has 2 amide bonds. The van der Waals surface area contributed by atoms with Crippen LogP contribution in [-0.2, 0) is 9.59 Å². The molecule has 2 aliphatic heterocycles. The van der Waals surface area contributed by atoms with Gasteiger partial charge in [-0.15, -0.1) is 0 Å². The summed E-state index contributed by atoms with van der Waals surface area (Å²) >= 11 is 0. The summed E-state index contributed by atoms with van der Waals surface area (Å²) in [6.45, 7) is 3.82. The van der Waals surface area contributed by atoms with Crippen LogP contribution in [0.3, 0.4) is 0 Å². The first-order chi connectivity index (χ1) is 16.1. The molecule has 2 aliphatic rings. The molecule has 7 heteroatoms. The molecule has 176 valence electrons. The van der Waals surface area contributed by atoms with Gasteiger partial charge in [0.15, 0.2) is 0 Å². The highest BCUT2D eigenvalue weighted by Gasteiger charge is 2.27. The Balaban J connectivity index is 1.08. The molecule has 0 bridgehead atoms. The topological polar surface area (TPSA) is 96.7 Å². The number of nitrogens with zero attached hydrogens (tertiary/aromatic N) is 1. The predicted octanol–water partition coefficient (Wildman–Crippen LogP) is 3.21. The highest BCUT2D eigenvalue weighted by molar-refractivity contribution is 6.00. The number of anilines is 2. The summed E-state index contributed by atoms with van der Waals surface area (Å²) in [5.74, 6) is 0.174. The zero-order chi connectivity index (χ0) is 23.0. The standard InChI is InChI=1S/C26H34N4O3/c27-20-5-7-22(8-6-20)30-16-13-21(14-17-30)28-15-1-2-18-33-23-9-3-19(4-10-23)24-11-12-25(31)29-26(24)32/h3-10,21,24,28H,1-2,11-18,27H2,(H,29,31,32). The van der Waals surface area contributed by atoms with E-state index in [1.54, 1.807) is 0 Å². The largest absolute Gasteiger partial charge is 0.494 e. The number of carbonyl (C=O) groups excluding carboxylic acids is 2. The van der Waals surface area contributed by atoms with E-state index in [9.17, 15) is 9.59 Å². The first-order valence-corrected chi connectivity index (χ1v) is 12.0. The molecule has 2 fully saturated rings. The number of hydrogen-bond donors (Lipinski definition) is 3. The highest BCUT2D eigenvalue weighted by atomic mass is 16.5. The summed E-state index contributed by atoms with van der Waals surface area (Å²) in [6.07, 6.45) is 5.34. The van der Waals surface area contributed by atoms with Crippen molar-refractivity contribution in [3.63, 3.8) is 0 Å². The van der Waals surface area contributed by atoms with E-state index in [1.807, 2.05) is 36.4 Å². The van der Waals surface area contributed by atoms with Crippen LogP contribution in [0.25, 0.3) is 0 Å². The number of rotatable bonds is 9. The van der Waals surface area contributed by atoms with E-state index < -0.39 is 0 Å². The lowest BCUT2D eigenvalue weighted by Gasteiger charge is -2.34. The van der Waals surface area contributed by atoms with E-state index in [2.05, 4.69) is 27.7 Å². The number of nitrogen functional groups attached to an aromatic ring is 1. The lowest BCUT2D eigenvalue weighted by Crippen LogP contribution is -2.42. The Morgan fingerprint density at radius 1 is 0.970 bits per heavy atom. The van der Waals surface area contributed by atoms with Crippen LogP contribution in [0.2, 0.25) is 0 Å². The van der Waals surface area contributed by atoms with Crippen molar-refractivity contribution in [1.82, 2.24) is 10.6 Å². The van der Waals surface area contributed by atoms with Crippen molar-refractivity contribution in [2.24, 2.45) is 0 Å². The lowest BCUT2D eigenvalue weighted by atomic mass is 9.90. The molecule has 0 radical (unpaired) electrons. The van der Waals surface area contributed by atoms with Crippen molar-refractivity contribution in [3.05, 3.63) is 54.1 Å². The van der Waals surface area contributed by atoms with E-state index in [0.29, 0.717) is 25.5 Å². The average molecular weight is 451 g/mol. The van der Waals surface area contributed by atoms with Crippen LogP contribution < -0.4 is 26.0 Å². The van der Waals surface area contributed by atoms with Gasteiger partial charge in [-0.3, -0.25) is 14.9 Å². The summed E-state index contributed by atoms with van der Waals surface area (Å²) in [4.78, 5) is 25.7. The fraction of sp³-hybridized carbons (Fsp3) is 0.462. The zero-order valence-electron chi connectivity index (χ0n) is 19.1. The zero-order valence-corrected chi connectivity index (χ0v) is 19.1. The third-order valence-corrected chi connectivity index (χ3v) is 6.55. The molecule has 7 nitrogen and oxygen atoms in total. The molecule has 1 atom stereocenters. The number of hydrogen-bond acceptors (Lipinski definition) is 6. The Morgan fingerprint density at radius 3 is 2.39 bits per heavy atom. The Hall–Kier alpha value is -3.06. The minimum absolute atomic E-state index is 0.186. The van der Waals surface area contributed by atoms with Crippen LogP contribution >= 0.6 is 0 Å². The Kier molecular flexibility index (Phi) is 7.83. The summed E-state index contributed by atoms with van der Waals surface area (Å²) in [6, 6.07) is 16.4. The van der Waals surface area contributed by atoms with Gasteiger partial charge in [0.05, 0.1) is 12.5 Å². The van der Waals surface area contributed by atoms with E-state index >= 15 is 0 Å². The summed E-state index contributed by atoms with van der Waals surface area (Å²) in [5, 5.41) is 6.10. The number of ether oxygens (including phenoxy) is 1. The van der Waals surface area contributed by atoms with Crippen LogP contribution in [0.4, 0.5) is 11.4 Å². The first-order valence-electron chi connectivity index (χ1n) is 12.0. The molecule has 0 aliphatic carbocycles. The molecule has 33 heavy (non-hydrogen) atoms. The minimum atomic E-state index is -0.249. The maximum Gasteiger partial charge on any atom is 0.234 e. The second-order valence-electron chi connectivity index (χ2n) is 8.94. The molecule has 2 saturated heterocycles. The van der Waals surface area contributed by atoms with Crippen molar-refractivity contribution in [3.8, 4) is 5.75 Å². The Morgan fingerprint density at radius 2 is 1.70 bits per heavy atom. The van der Waals surface area contributed by atoms with Gasteiger partial charge >= 0.3 is 0 Å². The SMILES string of the molecule is Nc1ccc(N2CCC(NCCCCOc3ccc(C4CCC(=O)NC4=O)cc3)CC2)cc1. The molecule has 0 saturated carbocycles. The quantitative estimate of drug-likeness (QED) is 0.308. The Bertz CT molecular complexity index is 922. The number of carbonyl (C=O) groups is 2. The molecule has 4 rings (SSSR count). The van der Waals surface area contributed by atoms with Crippen molar-refractivity contribution in [2.75, 3.05) is 36.9 Å². The number of piperidine rings is 2. The van der Waals surface area contributed by atoms with Crippen molar-refractivity contribution in [2.45, 2.75) is 50.5 Å². The first kappa shape index (κ1) is 23.1. The van der Waals surface area contributed by atoms with Gasteiger partial charge in [-0.05, 0) is 80.6 Å². The van der Waals surface area contributed by atoms with Gasteiger partial charge in [-0.1, -0.05) is 12.1 Å². The van der Waals surface area contributed by atoms with Gasteiger partial charge in [0.2, 0.25) is 11.8 Å². The van der Waals surface area contributed by atoms with Gasteiger partial charge in [0.1, 0.15) is 5.75 Å². The van der Waals surface area contributed by atoms with Crippen LogP contribution in [0, 0.1) is 0 Å². The van der Waals surface area contributed by atoms with Crippen molar-refractivity contribution >= 4 is 23.2 Å². The number of imide groups is 1. The number of nitrogens with one attached hydrogen (secondary N) is 2. The number of benzene rings is 2. The number of unbranched alkanes of at least 4 members (excludes halogenated alkanes) is 1. The van der Waals surface area contributed by atoms with Crippen LogP contribution in [0.15, 0.2) is 48.5 Å². The highest BCUT2D eigenvalue weighted by Crippen LogP contribution is 2.26. The van der Waals surface area contributed by atoms with Crippen molar-refractivity contribution in [1.29, 1.82) is 0 Å². The van der Waals surface area contributed by atoms with Gasteiger partial charge < -0.3 is 20.7 Å². The maximum atomic E-state index is 12.0. The predicted molar refractivity (Wildman–Crippen MR) is 130 cm³/mol. The summed E-state index contributed by atoms with van der Waals surface area (Å²) in [7, 11) is 0. The fourth-order valence-electron chi connectivity index (χ4n) is 4.56. The van der Waals surface area contributed by atoms with Crippen molar-refractivity contribution < 1.29 is 14.3 Å². The van der Waals surface area contributed by atoms with Crippen LogP contribution in [0.5, 0.6) is 5.75 Å². The van der Waals surface area contributed by atoms with E-state index in [4.69, 9.17) is 10.5 Å². The van der Waals surface area contributed by atoms with E-state index in [1.165, 1.54) is 5.69 Å². The maximum absolute atomic E-state index is 12.0. The molecule has 0 spiro atoms. The normalized spacial score (nSPS) is 19.4. The smallest absolute Gasteiger partial charge is 0.234 e. The molecular formula is C26H34N4O3. The van der Waals surface area contributed by atoms with Gasteiger partial charge in [-0.25, -0.2) is 0 Å². The summed E-state index contributed by atoms with van der Waals surface area (Å²) in [5.41, 5.74) is 8.78. The molecule has 1 unspecified atom stereocenters. The molecule has 2 heterocycles. The van der Waals surface area contributed by atoms with Gasteiger partial charge in [-0.2, -0.15) is 0 Å². The molecule has 2 aromatic carbocycles. The fourth-order valence-corrected chi connectivity index (χ4v) is 4.56. The Labute approximate surface area is 195 Å².